The summed E-state index contributed by atoms with van der Waals surface area (Å²) in [5.74, 6) is 0. The highest BCUT2D eigenvalue weighted by molar-refractivity contribution is 14.1. The Morgan fingerprint density at radius 2 is 1.78 bits per heavy atom. The molecule has 0 radical (unpaired) electrons. The molecule has 0 saturated carbocycles. The maximum atomic E-state index is 2.37. The van der Waals surface area contributed by atoms with Gasteiger partial charge in [-0.05, 0) is 0 Å². The number of hydrogen-bond donors (Lipinski definition) is 0. The molecule has 0 N–H and O–H groups in total. The van der Waals surface area contributed by atoms with Gasteiger partial charge >= 0.3 is 0 Å². The zero-order valence-corrected chi connectivity index (χ0v) is 12.7. The van der Waals surface area contributed by atoms with Crippen molar-refractivity contribution in [2.75, 3.05) is 0 Å². The second-order valence-corrected chi connectivity index (χ2v) is 5.95. The summed E-state index contributed by atoms with van der Waals surface area (Å²) < 4.78 is 5.50. The van der Waals surface area contributed by atoms with Gasteiger partial charge in [0.15, 0.2) is 0 Å². The van der Waals surface area contributed by atoms with E-state index >= 15 is 0 Å². The van der Waals surface area contributed by atoms with Gasteiger partial charge in [0, 0.05) is 0 Å². The van der Waals surface area contributed by atoms with Gasteiger partial charge in [0.05, 0.1) is 0 Å². The van der Waals surface area contributed by atoms with Gasteiger partial charge < -0.3 is 0 Å². The normalized spacial score (nSPS) is 10.2. The number of rotatable bonds is 0. The van der Waals surface area contributed by atoms with Gasteiger partial charge in [-0.25, -0.2) is 0 Å². The van der Waals surface area contributed by atoms with Gasteiger partial charge in [-0.2, -0.15) is 6.07 Å². The fourth-order valence-electron chi connectivity index (χ4n) is 0.448. The Bertz CT molecular complexity index is 203. The van der Waals surface area contributed by atoms with Gasteiger partial charge in [0.25, 0.3) is 0 Å². The molecule has 0 unspecified atom stereocenters. The highest BCUT2D eigenvalue weighted by atomic mass is 127. The lowest BCUT2D eigenvalue weighted by molar-refractivity contribution is 1.70. The SMILES string of the molecule is Ic1cc(I)[c-](I)c1I. The minimum Gasteiger partial charge on any atom is -0.186 e. The van der Waals surface area contributed by atoms with Crippen LogP contribution in [0.25, 0.3) is 0 Å². The molecule has 0 amide bonds. The molecule has 0 aromatic heterocycles. The Labute approximate surface area is 108 Å². The zero-order valence-electron chi connectivity index (χ0n) is 4.09. The van der Waals surface area contributed by atoms with Crippen LogP contribution in [0.2, 0.25) is 0 Å². The van der Waals surface area contributed by atoms with E-state index in [0.717, 1.165) is 0 Å². The fourth-order valence-corrected chi connectivity index (χ4v) is 4.13. The summed E-state index contributed by atoms with van der Waals surface area (Å²) in [6, 6.07) is 2.20. The first-order valence-electron chi connectivity index (χ1n) is 2.08. The molecule has 1 aromatic carbocycles. The van der Waals surface area contributed by atoms with E-state index in [9.17, 15) is 0 Å². The fraction of sp³-hybridized carbons (Fsp3) is 0. The van der Waals surface area contributed by atoms with Gasteiger partial charge in [0.1, 0.15) is 0 Å². The predicted molar refractivity (Wildman–Crippen MR) is 72.9 cm³/mol. The minimum atomic E-state index is 1.36. The third kappa shape index (κ3) is 2.10. The number of halogens is 4. The quantitative estimate of drug-likeness (QED) is 0.330. The molecule has 0 aliphatic rings. The molecule has 0 aliphatic carbocycles. The first-order valence-corrected chi connectivity index (χ1v) is 6.40. The molecule has 0 bridgehead atoms. The summed E-state index contributed by atoms with van der Waals surface area (Å²) in [7, 11) is 0. The van der Waals surface area contributed by atoms with Crippen LogP contribution >= 0.6 is 90.4 Å². The van der Waals surface area contributed by atoms with Crippen LogP contribution in [0.15, 0.2) is 6.07 Å². The van der Waals surface area contributed by atoms with Crippen LogP contribution in [0.5, 0.6) is 0 Å². The molecular weight excluding hydrogens is 568 g/mol. The minimum absolute atomic E-state index is 1.36. The van der Waals surface area contributed by atoms with Gasteiger partial charge in [-0.1, -0.05) is 55.9 Å². The van der Waals surface area contributed by atoms with Gasteiger partial charge in [0.2, 0.25) is 0 Å². The van der Waals surface area contributed by atoms with Crippen molar-refractivity contribution in [3.8, 4) is 0 Å². The third-order valence-corrected chi connectivity index (χ3v) is 7.90. The standard InChI is InChI=1S/C5HI4/c6-2-1-3(7)5(9)4(2)8/h1H/q-1. The van der Waals surface area contributed by atoms with E-state index in [1.165, 1.54) is 14.3 Å². The first kappa shape index (κ1) is 9.36. The van der Waals surface area contributed by atoms with Crippen molar-refractivity contribution in [1.82, 2.24) is 0 Å². The van der Waals surface area contributed by atoms with Crippen LogP contribution in [0, 0.1) is 14.3 Å². The van der Waals surface area contributed by atoms with Crippen molar-refractivity contribution in [2.45, 2.75) is 0 Å². The topological polar surface area (TPSA) is 0 Å². The molecule has 0 nitrogen and oxygen atoms in total. The summed E-state index contributed by atoms with van der Waals surface area (Å²) in [5.41, 5.74) is 0. The molecular formula is C5HI4-. The van der Waals surface area contributed by atoms with Crippen LogP contribution in [0.1, 0.15) is 0 Å². The van der Waals surface area contributed by atoms with Crippen LogP contribution in [-0.2, 0) is 0 Å². The molecule has 0 fully saturated rings. The Kier molecular flexibility index (Phi) is 3.94. The Balaban J connectivity index is 3.29. The maximum Gasteiger partial charge on any atom is -0.0703 e. The lowest BCUT2D eigenvalue weighted by atomic mass is 10.7. The Hall–Kier alpha value is 2.27. The van der Waals surface area contributed by atoms with E-state index < -0.39 is 0 Å². The summed E-state index contributed by atoms with van der Waals surface area (Å²) in [5, 5.41) is 0. The van der Waals surface area contributed by atoms with Crippen LogP contribution < -0.4 is 0 Å². The zero-order chi connectivity index (χ0) is 7.02. The van der Waals surface area contributed by atoms with E-state index in [1.807, 2.05) is 0 Å². The smallest absolute Gasteiger partial charge is 0.0703 e. The second-order valence-electron chi connectivity index (χ2n) is 1.47. The predicted octanol–water partition coefficient (Wildman–Crippen LogP) is 3.82. The average molecular weight is 569 g/mol. The molecule has 1 aromatic rings. The van der Waals surface area contributed by atoms with Crippen molar-refractivity contribution in [2.24, 2.45) is 0 Å². The van der Waals surface area contributed by atoms with Crippen LogP contribution in [-0.4, -0.2) is 0 Å². The lowest BCUT2D eigenvalue weighted by Crippen LogP contribution is -1.71. The van der Waals surface area contributed by atoms with Crippen LogP contribution in [0.4, 0.5) is 0 Å². The molecule has 0 spiro atoms. The van der Waals surface area contributed by atoms with Crippen LogP contribution in [0.3, 0.4) is 0 Å². The average Bonchev–Trinajstić information content (AvgIpc) is 1.98. The Morgan fingerprint density at radius 3 is 1.89 bits per heavy atom. The lowest BCUT2D eigenvalue weighted by Gasteiger charge is -1.95. The van der Waals surface area contributed by atoms with Crippen molar-refractivity contribution in [3.05, 3.63) is 20.3 Å². The second kappa shape index (κ2) is 3.78. The van der Waals surface area contributed by atoms with E-state index in [0.29, 0.717) is 0 Å². The first-order chi connectivity index (χ1) is 4.13. The monoisotopic (exact) mass is 569 g/mol. The van der Waals surface area contributed by atoms with E-state index in [2.05, 4.69) is 96.4 Å². The van der Waals surface area contributed by atoms with Crippen molar-refractivity contribution < 1.29 is 0 Å². The van der Waals surface area contributed by atoms with Crippen molar-refractivity contribution in [3.63, 3.8) is 0 Å². The molecule has 0 atom stereocenters. The van der Waals surface area contributed by atoms with E-state index in [4.69, 9.17) is 0 Å². The summed E-state index contributed by atoms with van der Waals surface area (Å²) in [6.45, 7) is 0. The molecule has 0 saturated heterocycles. The molecule has 1 rings (SSSR count). The van der Waals surface area contributed by atoms with Crippen molar-refractivity contribution >= 4 is 90.4 Å². The van der Waals surface area contributed by atoms with Gasteiger partial charge in [-0.3, -0.25) is 0 Å². The van der Waals surface area contributed by atoms with E-state index in [1.54, 1.807) is 0 Å². The highest BCUT2D eigenvalue weighted by Gasteiger charge is 1.95. The van der Waals surface area contributed by atoms with Gasteiger partial charge in [-0.15, -0.1) is 48.8 Å². The molecule has 50 valence electrons. The highest BCUT2D eigenvalue weighted by Crippen LogP contribution is 2.27. The van der Waals surface area contributed by atoms with E-state index in [-0.39, 0.29) is 0 Å². The summed E-state index contributed by atoms with van der Waals surface area (Å²) >= 11 is 9.45. The molecule has 0 heterocycles. The molecule has 4 heteroatoms. The maximum absolute atomic E-state index is 2.37. The van der Waals surface area contributed by atoms with Crippen molar-refractivity contribution in [1.29, 1.82) is 0 Å². The summed E-state index contributed by atoms with van der Waals surface area (Å²) in [6.07, 6.45) is 0. The number of hydrogen-bond acceptors (Lipinski definition) is 0. The third-order valence-electron chi connectivity index (χ3n) is 0.866. The molecule has 9 heavy (non-hydrogen) atoms. The largest absolute Gasteiger partial charge is 0.186 e. The Morgan fingerprint density at radius 1 is 1.22 bits per heavy atom. The summed E-state index contributed by atoms with van der Waals surface area (Å²) in [4.78, 5) is 0. The molecule has 0 aliphatic heterocycles.